The van der Waals surface area contributed by atoms with Crippen molar-refractivity contribution in [3.63, 3.8) is 0 Å². The minimum Gasteiger partial charge on any atom is -0.466 e. The van der Waals surface area contributed by atoms with E-state index in [0.29, 0.717) is 25.9 Å². The maximum absolute atomic E-state index is 12.4. The summed E-state index contributed by atoms with van der Waals surface area (Å²) in [5, 5.41) is 23.2. The smallest absolute Gasteiger partial charge is 0.305 e. The zero-order valence-electron chi connectivity index (χ0n) is 40.9. The predicted octanol–water partition coefficient (Wildman–Crippen LogP) is 16.3. The van der Waals surface area contributed by atoms with E-state index < -0.39 is 12.1 Å². The van der Waals surface area contributed by atoms with Gasteiger partial charge in [0.2, 0.25) is 5.91 Å². The molecule has 0 saturated carbocycles. The first-order valence-corrected chi connectivity index (χ1v) is 27.1. The van der Waals surface area contributed by atoms with Gasteiger partial charge in [0.1, 0.15) is 0 Å². The topological polar surface area (TPSA) is 95.9 Å². The van der Waals surface area contributed by atoms with Crippen LogP contribution in [0.1, 0.15) is 290 Å². The molecule has 0 radical (unpaired) electrons. The average molecular weight is 860 g/mol. The molecule has 0 saturated heterocycles. The van der Waals surface area contributed by atoms with Crippen LogP contribution in [0.2, 0.25) is 0 Å². The summed E-state index contributed by atoms with van der Waals surface area (Å²) in [5.41, 5.74) is 0. The summed E-state index contributed by atoms with van der Waals surface area (Å²) in [6.07, 6.45) is 60.1. The van der Waals surface area contributed by atoms with Gasteiger partial charge in [0.15, 0.2) is 0 Å². The number of hydrogen-bond donors (Lipinski definition) is 3. The predicted molar refractivity (Wildman–Crippen MR) is 264 cm³/mol. The molecule has 6 heteroatoms. The number of carbonyl (C=O) groups is 2. The quantitative estimate of drug-likeness (QED) is 0.0322. The molecule has 0 bridgehead atoms. The highest BCUT2D eigenvalue weighted by Crippen LogP contribution is 2.16. The number of rotatable bonds is 50. The Morgan fingerprint density at radius 1 is 0.443 bits per heavy atom. The summed E-state index contributed by atoms with van der Waals surface area (Å²) in [5.74, 6) is -0.0557. The molecule has 2 atom stereocenters. The van der Waals surface area contributed by atoms with Crippen LogP contribution in [0.15, 0.2) is 24.3 Å². The molecule has 0 aromatic heterocycles. The number of carbonyl (C=O) groups excluding carboxylic acids is 2. The molecule has 0 fully saturated rings. The monoisotopic (exact) mass is 860 g/mol. The molecule has 0 aromatic carbocycles. The number of hydrogen-bond acceptors (Lipinski definition) is 5. The molecule has 6 nitrogen and oxygen atoms in total. The fraction of sp³-hybridized carbons (Fsp3) is 0.891. The van der Waals surface area contributed by atoms with E-state index in [9.17, 15) is 19.8 Å². The number of nitrogens with one attached hydrogen (secondary N) is 1. The molecule has 360 valence electrons. The summed E-state index contributed by atoms with van der Waals surface area (Å²) < 4.78 is 5.46. The third-order valence-corrected chi connectivity index (χ3v) is 12.5. The lowest BCUT2D eigenvalue weighted by molar-refractivity contribution is -0.143. The van der Waals surface area contributed by atoms with Gasteiger partial charge in [-0.05, 0) is 77.0 Å². The number of aliphatic hydroxyl groups excluding tert-OH is 2. The standard InChI is InChI=1S/C55H105NO5/c1-3-5-7-9-11-13-15-17-25-29-33-37-41-45-49-55(60)61-50-46-42-38-34-30-26-23-21-19-18-20-22-24-28-32-36-40-44-48-54(59)56-52(51-57)53(58)47-43-39-35-31-27-16-14-12-10-8-6-4-2/h15,17,20,22,52-53,57-58H,3-14,16,18-19,21,23-51H2,1-2H3,(H,56,59)/b17-15-,22-20-. The second-order valence-electron chi connectivity index (χ2n) is 18.6. The summed E-state index contributed by atoms with van der Waals surface area (Å²) in [7, 11) is 0. The van der Waals surface area contributed by atoms with Crippen molar-refractivity contribution in [1.82, 2.24) is 5.32 Å². The molecule has 3 N–H and O–H groups in total. The number of aliphatic hydroxyl groups is 2. The summed E-state index contributed by atoms with van der Waals surface area (Å²) in [4.78, 5) is 24.4. The van der Waals surface area contributed by atoms with Crippen LogP contribution in [0, 0.1) is 0 Å². The molecular formula is C55H105NO5. The van der Waals surface area contributed by atoms with E-state index in [1.54, 1.807) is 0 Å². The van der Waals surface area contributed by atoms with E-state index in [1.807, 2.05) is 0 Å². The third kappa shape index (κ3) is 47.7. The van der Waals surface area contributed by atoms with Crippen LogP contribution in [0.4, 0.5) is 0 Å². The van der Waals surface area contributed by atoms with Crippen molar-refractivity contribution >= 4 is 11.9 Å². The van der Waals surface area contributed by atoms with E-state index in [4.69, 9.17) is 4.74 Å². The molecule has 0 spiro atoms. The Kier molecular flexibility index (Phi) is 49.6. The van der Waals surface area contributed by atoms with E-state index in [1.165, 1.54) is 199 Å². The molecule has 0 aromatic rings. The van der Waals surface area contributed by atoms with Gasteiger partial charge in [-0.1, -0.05) is 224 Å². The normalized spacial score (nSPS) is 12.8. The Hall–Kier alpha value is -1.66. The molecule has 2 unspecified atom stereocenters. The average Bonchev–Trinajstić information content (AvgIpc) is 3.26. The van der Waals surface area contributed by atoms with Gasteiger partial charge < -0.3 is 20.3 Å². The van der Waals surface area contributed by atoms with E-state index in [0.717, 1.165) is 57.8 Å². The molecular weight excluding hydrogens is 755 g/mol. The highest BCUT2D eigenvalue weighted by molar-refractivity contribution is 5.76. The highest BCUT2D eigenvalue weighted by atomic mass is 16.5. The minimum absolute atomic E-state index is 0.00575. The summed E-state index contributed by atoms with van der Waals surface area (Å²) in [6, 6.07) is -0.550. The zero-order valence-corrected chi connectivity index (χ0v) is 40.9. The number of unbranched alkanes of at least 4 members (excludes halogenated alkanes) is 35. The Balaban J connectivity index is 3.44. The van der Waals surface area contributed by atoms with E-state index in [-0.39, 0.29) is 18.5 Å². The fourth-order valence-corrected chi connectivity index (χ4v) is 8.28. The van der Waals surface area contributed by atoms with Crippen LogP contribution in [-0.2, 0) is 14.3 Å². The highest BCUT2D eigenvalue weighted by Gasteiger charge is 2.20. The van der Waals surface area contributed by atoms with Crippen LogP contribution in [0.5, 0.6) is 0 Å². The van der Waals surface area contributed by atoms with Crippen molar-refractivity contribution < 1.29 is 24.5 Å². The zero-order chi connectivity index (χ0) is 44.4. The lowest BCUT2D eigenvalue weighted by atomic mass is 10.0. The molecule has 61 heavy (non-hydrogen) atoms. The Morgan fingerprint density at radius 3 is 1.16 bits per heavy atom. The Bertz CT molecular complexity index is 951. The second kappa shape index (κ2) is 51.0. The van der Waals surface area contributed by atoms with Gasteiger partial charge in [-0.3, -0.25) is 9.59 Å². The molecule has 0 aliphatic carbocycles. The van der Waals surface area contributed by atoms with Crippen LogP contribution in [0.3, 0.4) is 0 Å². The van der Waals surface area contributed by atoms with Crippen LogP contribution < -0.4 is 5.32 Å². The first kappa shape index (κ1) is 59.3. The van der Waals surface area contributed by atoms with Crippen molar-refractivity contribution in [2.75, 3.05) is 13.2 Å². The van der Waals surface area contributed by atoms with Gasteiger partial charge >= 0.3 is 5.97 Å². The first-order valence-electron chi connectivity index (χ1n) is 27.1. The van der Waals surface area contributed by atoms with Gasteiger partial charge in [-0.15, -0.1) is 0 Å². The first-order chi connectivity index (χ1) is 30.0. The SMILES string of the molecule is CCCCCCC/C=C\CCCCCCCC(=O)OCCCCCCCCCCC/C=C\CCCCCCCC(=O)NC(CO)C(O)CCCCCCCCCCCCCC. The van der Waals surface area contributed by atoms with E-state index in [2.05, 4.69) is 43.5 Å². The van der Waals surface area contributed by atoms with E-state index >= 15 is 0 Å². The largest absolute Gasteiger partial charge is 0.466 e. The second-order valence-corrected chi connectivity index (χ2v) is 18.6. The van der Waals surface area contributed by atoms with Crippen molar-refractivity contribution in [2.24, 2.45) is 0 Å². The molecule has 1 amide bonds. The lowest BCUT2D eigenvalue weighted by Crippen LogP contribution is -2.45. The molecule has 0 rings (SSSR count). The van der Waals surface area contributed by atoms with Gasteiger partial charge in [0.05, 0.1) is 25.4 Å². The summed E-state index contributed by atoms with van der Waals surface area (Å²) in [6.45, 7) is 4.92. The molecule has 0 aliphatic heterocycles. The number of allylic oxidation sites excluding steroid dienone is 4. The Labute approximate surface area is 380 Å². The molecule has 0 aliphatic rings. The minimum atomic E-state index is -0.671. The van der Waals surface area contributed by atoms with Gasteiger partial charge in [0, 0.05) is 12.8 Å². The van der Waals surface area contributed by atoms with Crippen molar-refractivity contribution in [3.8, 4) is 0 Å². The Morgan fingerprint density at radius 2 is 0.770 bits per heavy atom. The van der Waals surface area contributed by atoms with Gasteiger partial charge in [-0.2, -0.15) is 0 Å². The van der Waals surface area contributed by atoms with Crippen molar-refractivity contribution in [1.29, 1.82) is 0 Å². The van der Waals surface area contributed by atoms with Gasteiger partial charge in [-0.25, -0.2) is 0 Å². The maximum atomic E-state index is 12.4. The third-order valence-electron chi connectivity index (χ3n) is 12.5. The lowest BCUT2D eigenvalue weighted by Gasteiger charge is -2.22. The number of esters is 1. The number of amides is 1. The van der Waals surface area contributed by atoms with Gasteiger partial charge in [0.25, 0.3) is 0 Å². The maximum Gasteiger partial charge on any atom is 0.305 e. The van der Waals surface area contributed by atoms with Crippen molar-refractivity contribution in [3.05, 3.63) is 24.3 Å². The summed E-state index contributed by atoms with van der Waals surface area (Å²) >= 11 is 0. The van der Waals surface area contributed by atoms with Crippen molar-refractivity contribution in [2.45, 2.75) is 302 Å². The van der Waals surface area contributed by atoms with Crippen LogP contribution in [0.25, 0.3) is 0 Å². The number of ether oxygens (including phenoxy) is 1. The van der Waals surface area contributed by atoms with Crippen LogP contribution >= 0.6 is 0 Å². The molecule has 0 heterocycles. The fourth-order valence-electron chi connectivity index (χ4n) is 8.28. The van der Waals surface area contributed by atoms with Crippen LogP contribution in [-0.4, -0.2) is 47.4 Å².